The van der Waals surface area contributed by atoms with Crippen LogP contribution in [0.25, 0.3) is 0 Å². The van der Waals surface area contributed by atoms with Gasteiger partial charge in [0.2, 0.25) is 0 Å². The van der Waals surface area contributed by atoms with Crippen LogP contribution < -0.4 is 11.3 Å². The highest BCUT2D eigenvalue weighted by Gasteiger charge is 2.03. The second-order valence-electron chi connectivity index (χ2n) is 2.88. The third-order valence-corrected chi connectivity index (χ3v) is 2.90. The van der Waals surface area contributed by atoms with Crippen LogP contribution in [-0.2, 0) is 0 Å². The maximum absolute atomic E-state index is 11.1. The highest BCUT2D eigenvalue weighted by Crippen LogP contribution is 2.23. The Hall–Kier alpha value is -1.34. The molecule has 82 valence electrons. The molecule has 3 N–H and O–H groups in total. The van der Waals surface area contributed by atoms with E-state index in [1.54, 1.807) is 0 Å². The summed E-state index contributed by atoms with van der Waals surface area (Å²) in [5.74, 6) is 0.196. The molecular formula is C9H7BrN4OS. The Morgan fingerprint density at radius 1 is 1.38 bits per heavy atom. The number of nitrogen functional groups attached to an aromatic ring is 1. The molecule has 0 fully saturated rings. The number of rotatable bonds is 2. The largest absolute Gasteiger partial charge is 0.383 e. The number of hydrogen-bond acceptors (Lipinski definition) is 5. The van der Waals surface area contributed by atoms with Gasteiger partial charge in [-0.2, -0.15) is 0 Å². The summed E-state index contributed by atoms with van der Waals surface area (Å²) < 4.78 is 0.726. The van der Waals surface area contributed by atoms with Crippen LogP contribution in [0.1, 0.15) is 0 Å². The number of halogens is 1. The average Bonchev–Trinajstić information content (AvgIpc) is 2.15. The number of aromatic amines is 1. The summed E-state index contributed by atoms with van der Waals surface area (Å²) in [4.78, 5) is 21.9. The van der Waals surface area contributed by atoms with E-state index in [1.807, 2.05) is 18.2 Å². The molecule has 0 aliphatic heterocycles. The fourth-order valence-corrected chi connectivity index (χ4v) is 2.30. The minimum Gasteiger partial charge on any atom is -0.383 e. The third-order valence-electron chi connectivity index (χ3n) is 1.63. The van der Waals surface area contributed by atoms with Crippen molar-refractivity contribution in [3.63, 3.8) is 0 Å². The lowest BCUT2D eigenvalue weighted by molar-refractivity contribution is 0.939. The summed E-state index contributed by atoms with van der Waals surface area (Å²) in [5.41, 5.74) is 5.20. The lowest BCUT2D eigenvalue weighted by Gasteiger charge is -2.00. The monoisotopic (exact) mass is 298 g/mol. The minimum absolute atomic E-state index is 0.196. The van der Waals surface area contributed by atoms with Gasteiger partial charge in [-0.25, -0.2) is 9.97 Å². The predicted molar refractivity (Wildman–Crippen MR) is 65.3 cm³/mol. The quantitative estimate of drug-likeness (QED) is 0.651. The standard InChI is InChI=1S/C9H7BrN4OS/c10-5-2-1-3-8(12-5)16-9-13-6(11)4-7(15)14-9/h1-4H,(H3,11,13,14,15). The predicted octanol–water partition coefficient (Wildman–Crippen LogP) is 1.66. The van der Waals surface area contributed by atoms with Crippen LogP contribution in [-0.4, -0.2) is 15.0 Å². The normalized spacial score (nSPS) is 10.3. The van der Waals surface area contributed by atoms with Crippen molar-refractivity contribution in [1.29, 1.82) is 0 Å². The summed E-state index contributed by atoms with van der Waals surface area (Å²) in [6.45, 7) is 0. The zero-order chi connectivity index (χ0) is 11.5. The second-order valence-corrected chi connectivity index (χ2v) is 4.70. The molecule has 2 aromatic rings. The van der Waals surface area contributed by atoms with E-state index in [1.165, 1.54) is 17.8 Å². The molecule has 2 heterocycles. The molecule has 0 amide bonds. The van der Waals surface area contributed by atoms with Gasteiger partial charge in [-0.1, -0.05) is 6.07 Å². The van der Waals surface area contributed by atoms with E-state index < -0.39 is 0 Å². The first kappa shape index (κ1) is 11.2. The number of H-pyrrole nitrogens is 1. The first-order chi connectivity index (χ1) is 7.63. The van der Waals surface area contributed by atoms with E-state index in [0.717, 1.165) is 9.63 Å². The fourth-order valence-electron chi connectivity index (χ4n) is 1.05. The molecule has 5 nitrogen and oxygen atoms in total. The van der Waals surface area contributed by atoms with Gasteiger partial charge < -0.3 is 10.7 Å². The van der Waals surface area contributed by atoms with Crippen LogP contribution in [0.3, 0.4) is 0 Å². The number of hydrogen-bond donors (Lipinski definition) is 2. The van der Waals surface area contributed by atoms with Gasteiger partial charge in [-0.3, -0.25) is 4.79 Å². The number of nitrogens with two attached hydrogens (primary N) is 1. The third kappa shape index (κ3) is 2.83. The smallest absolute Gasteiger partial charge is 0.253 e. The number of anilines is 1. The summed E-state index contributed by atoms with van der Waals surface area (Å²) in [7, 11) is 0. The minimum atomic E-state index is -0.273. The summed E-state index contributed by atoms with van der Waals surface area (Å²) in [5, 5.41) is 1.15. The Morgan fingerprint density at radius 2 is 2.19 bits per heavy atom. The van der Waals surface area contributed by atoms with Crippen LogP contribution in [0.4, 0.5) is 5.82 Å². The average molecular weight is 299 g/mol. The first-order valence-electron chi connectivity index (χ1n) is 4.31. The summed E-state index contributed by atoms with van der Waals surface area (Å²) in [6.07, 6.45) is 0. The Morgan fingerprint density at radius 3 is 2.88 bits per heavy atom. The van der Waals surface area contributed by atoms with Gasteiger partial charge in [-0.05, 0) is 39.8 Å². The van der Waals surface area contributed by atoms with Crippen molar-refractivity contribution in [2.75, 3.05) is 5.73 Å². The Balaban J connectivity index is 2.30. The maximum Gasteiger partial charge on any atom is 0.253 e. The molecule has 0 aliphatic rings. The van der Waals surface area contributed by atoms with Crippen LogP contribution in [0.15, 0.2) is 43.8 Å². The molecule has 16 heavy (non-hydrogen) atoms. The van der Waals surface area contributed by atoms with Gasteiger partial charge in [0.25, 0.3) is 5.56 Å². The second kappa shape index (κ2) is 4.67. The van der Waals surface area contributed by atoms with Crippen molar-refractivity contribution < 1.29 is 0 Å². The number of pyridine rings is 1. The summed E-state index contributed by atoms with van der Waals surface area (Å²) >= 11 is 4.51. The van der Waals surface area contributed by atoms with E-state index in [0.29, 0.717) is 5.16 Å². The highest BCUT2D eigenvalue weighted by atomic mass is 79.9. The lowest BCUT2D eigenvalue weighted by atomic mass is 10.5. The molecule has 0 unspecified atom stereocenters. The van der Waals surface area contributed by atoms with E-state index in [-0.39, 0.29) is 11.4 Å². The Bertz CT molecular complexity index is 571. The van der Waals surface area contributed by atoms with Gasteiger partial charge in [0.05, 0.1) is 0 Å². The van der Waals surface area contributed by atoms with Gasteiger partial charge in [-0.15, -0.1) is 0 Å². The number of aromatic nitrogens is 3. The fraction of sp³-hybridized carbons (Fsp3) is 0. The van der Waals surface area contributed by atoms with E-state index in [9.17, 15) is 4.79 Å². The molecule has 2 aromatic heterocycles. The molecule has 0 spiro atoms. The SMILES string of the molecule is Nc1cc(=O)[nH]c(Sc2cccc(Br)n2)n1. The van der Waals surface area contributed by atoms with Gasteiger partial charge >= 0.3 is 0 Å². The van der Waals surface area contributed by atoms with Crippen molar-refractivity contribution in [3.8, 4) is 0 Å². The van der Waals surface area contributed by atoms with Crippen LogP contribution >= 0.6 is 27.7 Å². The molecule has 0 saturated carbocycles. The van der Waals surface area contributed by atoms with Crippen LogP contribution in [0, 0.1) is 0 Å². The molecular weight excluding hydrogens is 292 g/mol. The molecule has 2 rings (SSSR count). The van der Waals surface area contributed by atoms with Gasteiger partial charge in [0, 0.05) is 6.07 Å². The molecule has 0 atom stereocenters. The molecule has 0 aliphatic carbocycles. The zero-order valence-corrected chi connectivity index (χ0v) is 10.4. The Kier molecular flexibility index (Phi) is 3.25. The van der Waals surface area contributed by atoms with Crippen molar-refractivity contribution in [3.05, 3.63) is 39.2 Å². The molecule has 0 radical (unpaired) electrons. The van der Waals surface area contributed by atoms with E-state index in [4.69, 9.17) is 5.73 Å². The van der Waals surface area contributed by atoms with Crippen molar-refractivity contribution in [2.24, 2.45) is 0 Å². The van der Waals surface area contributed by atoms with E-state index in [2.05, 4.69) is 30.9 Å². The maximum atomic E-state index is 11.1. The topological polar surface area (TPSA) is 84.7 Å². The van der Waals surface area contributed by atoms with E-state index >= 15 is 0 Å². The molecule has 0 saturated heterocycles. The molecule has 0 aromatic carbocycles. The highest BCUT2D eigenvalue weighted by molar-refractivity contribution is 9.10. The van der Waals surface area contributed by atoms with Crippen LogP contribution in [0.5, 0.6) is 0 Å². The molecule has 0 bridgehead atoms. The lowest BCUT2D eigenvalue weighted by Crippen LogP contribution is -2.09. The zero-order valence-electron chi connectivity index (χ0n) is 7.98. The van der Waals surface area contributed by atoms with Crippen LogP contribution in [0.2, 0.25) is 0 Å². The first-order valence-corrected chi connectivity index (χ1v) is 5.92. The molecule has 7 heteroatoms. The van der Waals surface area contributed by atoms with Crippen molar-refractivity contribution in [2.45, 2.75) is 10.2 Å². The number of nitrogens with one attached hydrogen (secondary N) is 1. The summed E-state index contributed by atoms with van der Waals surface area (Å²) in [6, 6.07) is 6.72. The van der Waals surface area contributed by atoms with Gasteiger partial charge in [0.1, 0.15) is 15.4 Å². The Labute approximate surface area is 104 Å². The number of nitrogens with zero attached hydrogens (tertiary/aromatic N) is 2. The van der Waals surface area contributed by atoms with Crippen molar-refractivity contribution >= 4 is 33.5 Å². The van der Waals surface area contributed by atoms with Crippen molar-refractivity contribution in [1.82, 2.24) is 15.0 Å². The van der Waals surface area contributed by atoms with Gasteiger partial charge in [0.15, 0.2) is 5.16 Å².